The molecule has 23 heteroatoms. The molecule has 0 radical (unpaired) electrons. The number of anilines is 1. The molecule has 380 valence electrons. The van der Waals surface area contributed by atoms with Gasteiger partial charge in [0.2, 0.25) is 0 Å². The fourth-order valence-corrected chi connectivity index (χ4v) is 9.53. The molecule has 1 amide bonds. The number of aliphatic imine (C=N–C) groups is 1. The van der Waals surface area contributed by atoms with Crippen LogP contribution in [0.3, 0.4) is 0 Å². The Morgan fingerprint density at radius 1 is 0.627 bits per heavy atom. The number of amides is 1. The van der Waals surface area contributed by atoms with E-state index in [1.165, 1.54) is 38.5 Å². The zero-order valence-electron chi connectivity index (χ0n) is 40.1. The molecule has 0 heterocycles. The molecule has 0 unspecified atom stereocenters. The minimum Gasteiger partial charge on any atom is -0.871 e. The van der Waals surface area contributed by atoms with Crippen molar-refractivity contribution in [3.8, 4) is 23.0 Å². The van der Waals surface area contributed by atoms with Crippen molar-refractivity contribution in [3.63, 3.8) is 0 Å². The minimum atomic E-state index is -4.62. The number of phenols is 1. The summed E-state index contributed by atoms with van der Waals surface area (Å²) in [5.41, 5.74) is 1.76. The average Bonchev–Trinajstić information content (AvgIpc) is 3.37. The van der Waals surface area contributed by atoms with Crippen LogP contribution in [0.15, 0.2) is 169 Å². The summed E-state index contributed by atoms with van der Waals surface area (Å²) in [7, 11) is -6.23. The Morgan fingerprint density at radius 3 is 1.63 bits per heavy atom. The summed E-state index contributed by atoms with van der Waals surface area (Å²) in [5, 5.41) is 58.6. The van der Waals surface area contributed by atoms with Crippen molar-refractivity contribution < 1.29 is 55.5 Å². The molecule has 0 aliphatic heterocycles. The first-order valence-corrected chi connectivity index (χ1v) is 25.6. The molecule has 4 N–H and O–H groups in total. The number of ether oxygens (including phenoxy) is 2. The third-order valence-electron chi connectivity index (χ3n) is 11.2. The monoisotopic (exact) mass is 1120 g/mol. The van der Waals surface area contributed by atoms with Gasteiger partial charge in [0.05, 0.1) is 52.6 Å². The van der Waals surface area contributed by atoms with Gasteiger partial charge in [-0.3, -0.25) is 18.9 Å². The smallest absolute Gasteiger partial charge is 0.871 e. The maximum atomic E-state index is 13.4. The van der Waals surface area contributed by atoms with Crippen molar-refractivity contribution in [1.82, 2.24) is 0 Å². The molecule has 18 nitrogen and oxygen atoms in total. The fourth-order valence-electron chi connectivity index (χ4n) is 7.44. The number of nitrogens with zero attached hydrogens (tertiary/aromatic N) is 5. The van der Waals surface area contributed by atoms with Crippen LogP contribution < -0.4 is 25.0 Å². The second kappa shape index (κ2) is 24.7. The number of carbonyl (C=O) groups is 1. The Morgan fingerprint density at radius 2 is 1.11 bits per heavy atom. The number of nitrogens with one attached hydrogen (secondary N) is 1. The van der Waals surface area contributed by atoms with Gasteiger partial charge in [0, 0.05) is 28.6 Å². The molecule has 0 fully saturated rings. The standard InChI is InChI=1S/2C26H22ClN3O6S.Ca/c2*1-3-15-12-21(27)23(37(33,34)35)14-22(15)29-30-24-19-10-5-4-7-16(19)11-20(25(24)31)26(32)28-17-8-6-9-18(13-17)36-2;/h2*4-14,31H,3H2,1-2H3,(H,28,32)(H,33,34,35);/q;;+2/p-2. The number of fused-ring (bicyclic) bond motifs is 2. The third kappa shape index (κ3) is 13.6. The number of methoxy groups -OCH3 is 2. The number of hydrogen-bond acceptors (Lipinski definition) is 15. The number of aromatic hydroxyl groups is 1. The molecule has 8 rings (SSSR count). The molecule has 75 heavy (non-hydrogen) atoms. The second-order valence-electron chi connectivity index (χ2n) is 15.8. The number of benzene rings is 8. The number of phenolic OH excluding ortho intramolecular Hbond substituents is 1. The Bertz CT molecular complexity index is 3830. The predicted octanol–water partition coefficient (Wildman–Crippen LogP) is 11.5. The molecule has 0 bridgehead atoms. The largest absolute Gasteiger partial charge is 2.00 e. The zero-order chi connectivity index (χ0) is 53.5. The molecule has 8 aromatic rings. The summed E-state index contributed by atoms with van der Waals surface area (Å²) in [6.45, 7) is 3.61. The first-order chi connectivity index (χ1) is 35.2. The summed E-state index contributed by atoms with van der Waals surface area (Å²) in [6.07, 6.45) is 0.859. The van der Waals surface area contributed by atoms with E-state index in [1.54, 1.807) is 104 Å². The van der Waals surface area contributed by atoms with E-state index in [1.807, 2.05) is 6.92 Å². The van der Waals surface area contributed by atoms with Crippen LogP contribution in [-0.2, 0) is 33.1 Å². The fraction of sp³-hybridized carbons (Fsp3) is 0.115. The molecule has 0 saturated heterocycles. The third-order valence-corrected chi connectivity index (χ3v) is 13.8. The molecular weight excluding hydrogens is 1080 g/mol. The summed E-state index contributed by atoms with van der Waals surface area (Å²) in [6, 6.07) is 35.0. The SMILES string of the molecule is CCc1cc(Cl)c(S(=O)(=O)O)cc1N=Nc1c(O)c(C(=O)Nc2cccc(OC)c2)cc2ccccc12.CCc1cc(Cl)c(S(=O)(=O)O)cc1N=Nc1c([O-])c(C([O-])=Nc2cccc(OC)c2)cc2ccccc12.[Ca+2]. The van der Waals surface area contributed by atoms with E-state index in [0.29, 0.717) is 68.4 Å². The van der Waals surface area contributed by atoms with E-state index < -0.39 is 53.3 Å². The molecule has 0 aromatic heterocycles. The van der Waals surface area contributed by atoms with E-state index in [-0.39, 0.29) is 81.7 Å². The molecule has 0 saturated carbocycles. The molecule has 0 spiro atoms. The van der Waals surface area contributed by atoms with Gasteiger partial charge in [-0.25, -0.2) is 0 Å². The Labute approximate surface area is 470 Å². The summed E-state index contributed by atoms with van der Waals surface area (Å²) in [4.78, 5) is 16.1. The van der Waals surface area contributed by atoms with E-state index in [0.717, 1.165) is 12.1 Å². The summed E-state index contributed by atoms with van der Waals surface area (Å²) in [5.74, 6) is -1.40. The molecule has 0 aliphatic carbocycles. The average molecular weight is 1120 g/mol. The first kappa shape index (κ1) is 57.6. The van der Waals surface area contributed by atoms with Crippen molar-refractivity contribution in [2.45, 2.75) is 36.5 Å². The van der Waals surface area contributed by atoms with Crippen LogP contribution in [0.5, 0.6) is 23.0 Å². The molecule has 0 aliphatic rings. The Balaban J connectivity index is 0.000000241. The van der Waals surface area contributed by atoms with Crippen molar-refractivity contribution in [2.24, 2.45) is 25.4 Å². The Kier molecular flexibility index (Phi) is 19.0. The number of carbonyl (C=O) groups excluding carboxylic acids is 1. The van der Waals surface area contributed by atoms with Crippen molar-refractivity contribution in [2.75, 3.05) is 19.5 Å². The van der Waals surface area contributed by atoms with Crippen LogP contribution in [0, 0.1) is 0 Å². The molecule has 0 atom stereocenters. The normalized spacial score (nSPS) is 11.9. The Hall–Kier alpha value is -6.72. The van der Waals surface area contributed by atoms with Gasteiger partial charge in [-0.2, -0.15) is 32.2 Å². The van der Waals surface area contributed by atoms with Gasteiger partial charge in [0.15, 0.2) is 5.75 Å². The maximum absolute atomic E-state index is 13.4. The topological polar surface area (TPSA) is 284 Å². The zero-order valence-corrected chi connectivity index (χ0v) is 45.5. The van der Waals surface area contributed by atoms with Gasteiger partial charge in [0.25, 0.3) is 26.1 Å². The second-order valence-corrected chi connectivity index (χ2v) is 19.4. The van der Waals surface area contributed by atoms with E-state index in [2.05, 4.69) is 30.8 Å². The molecule has 8 aromatic carbocycles. The summed E-state index contributed by atoms with van der Waals surface area (Å²) < 4.78 is 76.2. The van der Waals surface area contributed by atoms with Gasteiger partial charge in [-0.15, -0.1) is 5.11 Å². The van der Waals surface area contributed by atoms with Crippen LogP contribution in [0.25, 0.3) is 21.5 Å². The van der Waals surface area contributed by atoms with Crippen LogP contribution >= 0.6 is 23.2 Å². The molecular formula is C52H42CaCl2N6O12S2. The van der Waals surface area contributed by atoms with E-state index in [4.69, 9.17) is 32.7 Å². The number of rotatable bonds is 14. The van der Waals surface area contributed by atoms with Crippen LogP contribution in [0.2, 0.25) is 10.0 Å². The van der Waals surface area contributed by atoms with Crippen LogP contribution in [-0.4, -0.2) is 94.8 Å². The van der Waals surface area contributed by atoms with Gasteiger partial charge in [-0.05, 0) is 107 Å². The van der Waals surface area contributed by atoms with Gasteiger partial charge in [0.1, 0.15) is 27.0 Å². The number of azo groups is 2. The maximum Gasteiger partial charge on any atom is 2.00 e. The van der Waals surface area contributed by atoms with Gasteiger partial charge >= 0.3 is 37.7 Å². The van der Waals surface area contributed by atoms with Crippen LogP contribution in [0.1, 0.15) is 40.9 Å². The quantitative estimate of drug-likeness (QED) is 0.0260. The van der Waals surface area contributed by atoms with E-state index in [9.17, 15) is 46.1 Å². The first-order valence-electron chi connectivity index (χ1n) is 22.0. The van der Waals surface area contributed by atoms with Gasteiger partial charge in [-0.1, -0.05) is 103 Å². The van der Waals surface area contributed by atoms with E-state index >= 15 is 0 Å². The van der Waals surface area contributed by atoms with Crippen molar-refractivity contribution >= 4 is 149 Å². The van der Waals surface area contributed by atoms with Crippen molar-refractivity contribution in [1.29, 1.82) is 0 Å². The number of halogens is 2. The minimum absolute atomic E-state index is 0. The summed E-state index contributed by atoms with van der Waals surface area (Å²) >= 11 is 12.0. The van der Waals surface area contributed by atoms with Crippen molar-refractivity contribution in [3.05, 3.63) is 166 Å². The number of aryl methyl sites for hydroxylation is 2. The van der Waals surface area contributed by atoms with Gasteiger partial charge < -0.3 is 30.1 Å². The number of hydrogen-bond donors (Lipinski definition) is 4. The van der Waals surface area contributed by atoms with Crippen LogP contribution in [0.4, 0.5) is 34.1 Å². The predicted molar refractivity (Wildman–Crippen MR) is 285 cm³/mol.